The minimum atomic E-state index is 0.564. The number of hydrogen-bond donors (Lipinski definition) is 1. The predicted molar refractivity (Wildman–Crippen MR) is 93.2 cm³/mol. The molecule has 2 rings (SSSR count). The lowest BCUT2D eigenvalue weighted by atomic mass is 10.1. The fourth-order valence-corrected chi connectivity index (χ4v) is 2.29. The van der Waals surface area contributed by atoms with Crippen molar-refractivity contribution in [3.05, 3.63) is 47.0 Å². The summed E-state index contributed by atoms with van der Waals surface area (Å²) >= 11 is 0. The van der Waals surface area contributed by atoms with E-state index in [-0.39, 0.29) is 0 Å². The number of benzene rings is 2. The van der Waals surface area contributed by atoms with Gasteiger partial charge in [-0.1, -0.05) is 17.7 Å². The number of nitrogens with zero attached hydrogens (tertiary/aromatic N) is 1. The van der Waals surface area contributed by atoms with E-state index in [0.29, 0.717) is 17.2 Å². The highest BCUT2D eigenvalue weighted by molar-refractivity contribution is 5.83. The van der Waals surface area contributed by atoms with Gasteiger partial charge in [0.15, 0.2) is 11.5 Å². The lowest BCUT2D eigenvalue weighted by Crippen LogP contribution is -1.98. The molecule has 0 saturated carbocycles. The van der Waals surface area contributed by atoms with Crippen LogP contribution in [0.15, 0.2) is 35.4 Å². The fraction of sp³-hybridized carbons (Fsp3) is 0.278. The maximum atomic E-state index is 5.33. The molecule has 0 amide bonds. The summed E-state index contributed by atoms with van der Waals surface area (Å²) in [5.41, 5.74) is 7.23. The molecule has 2 aromatic carbocycles. The first-order valence-electron chi connectivity index (χ1n) is 7.25. The molecule has 23 heavy (non-hydrogen) atoms. The standard InChI is InChI=1S/C18H22N2O3/c1-12-6-7-15(13(2)8-12)20-19-11-14-9-16(21-3)18(23-5)17(10-14)22-4/h6-11,20H,1-5H3/b19-11+. The normalized spacial score (nSPS) is 10.7. The monoisotopic (exact) mass is 314 g/mol. The van der Waals surface area contributed by atoms with E-state index in [4.69, 9.17) is 14.2 Å². The molecular weight excluding hydrogens is 292 g/mol. The van der Waals surface area contributed by atoms with Gasteiger partial charge in [0, 0.05) is 5.56 Å². The van der Waals surface area contributed by atoms with Crippen LogP contribution in [0.3, 0.4) is 0 Å². The largest absolute Gasteiger partial charge is 0.493 e. The zero-order valence-electron chi connectivity index (χ0n) is 14.1. The predicted octanol–water partition coefficient (Wildman–Crippen LogP) is 3.78. The summed E-state index contributed by atoms with van der Waals surface area (Å²) in [7, 11) is 4.76. The summed E-state index contributed by atoms with van der Waals surface area (Å²) in [6, 6.07) is 9.85. The molecule has 0 fully saturated rings. The van der Waals surface area contributed by atoms with E-state index in [0.717, 1.165) is 16.8 Å². The molecule has 122 valence electrons. The molecule has 0 aromatic heterocycles. The Kier molecular flexibility index (Phi) is 5.46. The Bertz CT molecular complexity index is 686. The topological polar surface area (TPSA) is 52.1 Å². The Morgan fingerprint density at radius 2 is 1.57 bits per heavy atom. The van der Waals surface area contributed by atoms with Crippen LogP contribution in [-0.2, 0) is 0 Å². The second kappa shape index (κ2) is 7.54. The summed E-state index contributed by atoms with van der Waals surface area (Å²) in [4.78, 5) is 0. The highest BCUT2D eigenvalue weighted by atomic mass is 16.5. The van der Waals surface area contributed by atoms with Crippen molar-refractivity contribution in [2.45, 2.75) is 13.8 Å². The third kappa shape index (κ3) is 3.94. The number of hydrogen-bond acceptors (Lipinski definition) is 5. The van der Waals surface area contributed by atoms with Crippen molar-refractivity contribution >= 4 is 11.9 Å². The third-order valence-corrected chi connectivity index (χ3v) is 3.47. The number of hydrazone groups is 1. The molecule has 2 aromatic rings. The first-order chi connectivity index (χ1) is 11.1. The first-order valence-corrected chi connectivity index (χ1v) is 7.25. The maximum Gasteiger partial charge on any atom is 0.203 e. The highest BCUT2D eigenvalue weighted by Gasteiger charge is 2.12. The molecule has 5 nitrogen and oxygen atoms in total. The molecule has 0 bridgehead atoms. The van der Waals surface area contributed by atoms with Gasteiger partial charge in [-0.05, 0) is 37.6 Å². The van der Waals surface area contributed by atoms with Crippen LogP contribution in [0.1, 0.15) is 16.7 Å². The molecule has 0 aliphatic carbocycles. The van der Waals surface area contributed by atoms with Crippen LogP contribution in [0, 0.1) is 13.8 Å². The molecular formula is C18H22N2O3. The van der Waals surface area contributed by atoms with E-state index in [2.05, 4.69) is 23.5 Å². The van der Waals surface area contributed by atoms with Gasteiger partial charge in [-0.3, -0.25) is 5.43 Å². The molecule has 0 aliphatic rings. The van der Waals surface area contributed by atoms with Gasteiger partial charge in [0.2, 0.25) is 5.75 Å². The van der Waals surface area contributed by atoms with Gasteiger partial charge in [0.1, 0.15) is 0 Å². The van der Waals surface area contributed by atoms with Crippen molar-refractivity contribution in [3.8, 4) is 17.2 Å². The van der Waals surface area contributed by atoms with Gasteiger partial charge < -0.3 is 14.2 Å². The Hall–Kier alpha value is -2.69. The maximum absolute atomic E-state index is 5.33. The van der Waals surface area contributed by atoms with E-state index in [1.165, 1.54) is 5.56 Å². The Balaban J connectivity index is 2.22. The molecule has 5 heteroatoms. The average Bonchev–Trinajstić information content (AvgIpc) is 2.55. The Morgan fingerprint density at radius 1 is 0.913 bits per heavy atom. The summed E-state index contributed by atoms with van der Waals surface area (Å²) in [6.45, 7) is 4.11. The van der Waals surface area contributed by atoms with Crippen LogP contribution in [0.5, 0.6) is 17.2 Å². The summed E-state index contributed by atoms with van der Waals surface area (Å²) in [5, 5.41) is 4.28. The average molecular weight is 314 g/mol. The van der Waals surface area contributed by atoms with E-state index < -0.39 is 0 Å². The van der Waals surface area contributed by atoms with Gasteiger partial charge in [0.25, 0.3) is 0 Å². The van der Waals surface area contributed by atoms with Crippen molar-refractivity contribution < 1.29 is 14.2 Å². The number of anilines is 1. The summed E-state index contributed by atoms with van der Waals surface area (Å²) in [6.07, 6.45) is 1.71. The second-order valence-corrected chi connectivity index (χ2v) is 5.15. The Labute approximate surface area is 136 Å². The second-order valence-electron chi connectivity index (χ2n) is 5.15. The number of rotatable bonds is 6. The van der Waals surface area contributed by atoms with Crippen LogP contribution in [0.4, 0.5) is 5.69 Å². The zero-order valence-corrected chi connectivity index (χ0v) is 14.1. The van der Waals surface area contributed by atoms with Gasteiger partial charge in [-0.25, -0.2) is 0 Å². The number of aryl methyl sites for hydroxylation is 2. The quantitative estimate of drug-likeness (QED) is 0.651. The van der Waals surface area contributed by atoms with Gasteiger partial charge in [-0.15, -0.1) is 0 Å². The van der Waals surface area contributed by atoms with E-state index in [9.17, 15) is 0 Å². The van der Waals surface area contributed by atoms with Crippen LogP contribution in [0.2, 0.25) is 0 Å². The lowest BCUT2D eigenvalue weighted by Gasteiger charge is -2.12. The molecule has 0 atom stereocenters. The number of methoxy groups -OCH3 is 3. The van der Waals surface area contributed by atoms with Crippen molar-refractivity contribution in [3.63, 3.8) is 0 Å². The van der Waals surface area contributed by atoms with Crippen LogP contribution >= 0.6 is 0 Å². The van der Waals surface area contributed by atoms with Crippen LogP contribution in [-0.4, -0.2) is 27.5 Å². The minimum Gasteiger partial charge on any atom is -0.493 e. The van der Waals surface area contributed by atoms with Crippen molar-refractivity contribution in [1.29, 1.82) is 0 Å². The number of nitrogens with one attached hydrogen (secondary N) is 1. The van der Waals surface area contributed by atoms with E-state index >= 15 is 0 Å². The van der Waals surface area contributed by atoms with Gasteiger partial charge >= 0.3 is 0 Å². The zero-order chi connectivity index (χ0) is 16.8. The summed E-state index contributed by atoms with van der Waals surface area (Å²) < 4.78 is 16.0. The molecule has 0 unspecified atom stereocenters. The van der Waals surface area contributed by atoms with Gasteiger partial charge in [0.05, 0.1) is 33.2 Å². The van der Waals surface area contributed by atoms with Crippen LogP contribution < -0.4 is 19.6 Å². The van der Waals surface area contributed by atoms with E-state index in [1.807, 2.05) is 31.2 Å². The van der Waals surface area contributed by atoms with Crippen molar-refractivity contribution in [2.75, 3.05) is 26.8 Å². The van der Waals surface area contributed by atoms with Crippen molar-refractivity contribution in [1.82, 2.24) is 0 Å². The molecule has 0 heterocycles. The SMILES string of the molecule is COc1cc(/C=N/Nc2ccc(C)cc2C)cc(OC)c1OC. The molecule has 0 radical (unpaired) electrons. The molecule has 0 saturated heterocycles. The highest BCUT2D eigenvalue weighted by Crippen LogP contribution is 2.37. The summed E-state index contributed by atoms with van der Waals surface area (Å²) in [5.74, 6) is 1.76. The first kappa shape index (κ1) is 16.7. The molecule has 0 aliphatic heterocycles. The third-order valence-electron chi connectivity index (χ3n) is 3.47. The van der Waals surface area contributed by atoms with E-state index in [1.54, 1.807) is 27.5 Å². The molecule has 1 N–H and O–H groups in total. The van der Waals surface area contributed by atoms with Crippen LogP contribution in [0.25, 0.3) is 0 Å². The lowest BCUT2D eigenvalue weighted by molar-refractivity contribution is 0.324. The number of ether oxygens (including phenoxy) is 3. The minimum absolute atomic E-state index is 0.564. The smallest absolute Gasteiger partial charge is 0.203 e. The Morgan fingerprint density at radius 3 is 2.09 bits per heavy atom. The fourth-order valence-electron chi connectivity index (χ4n) is 2.29. The molecule has 0 spiro atoms. The van der Waals surface area contributed by atoms with Gasteiger partial charge in [-0.2, -0.15) is 5.10 Å². The van der Waals surface area contributed by atoms with Crippen molar-refractivity contribution in [2.24, 2.45) is 5.10 Å².